The highest BCUT2D eigenvalue weighted by Crippen LogP contribution is 2.41. The van der Waals surface area contributed by atoms with Crippen molar-refractivity contribution in [1.82, 2.24) is 44.4 Å². The quantitative estimate of drug-likeness (QED) is 0.0127. The third kappa shape index (κ3) is 20.5. The van der Waals surface area contributed by atoms with E-state index in [0.717, 1.165) is 104 Å². The fraction of sp³-hybridized carbons (Fsp3) is 0.395. The molecule has 0 aliphatic carbocycles. The smallest absolute Gasteiger partial charge is 0.321 e. The van der Waals surface area contributed by atoms with Crippen LogP contribution in [0.2, 0.25) is 0 Å². The van der Waals surface area contributed by atoms with E-state index in [1.54, 1.807) is 20.8 Å². The van der Waals surface area contributed by atoms with E-state index in [4.69, 9.17) is 11.5 Å². The Morgan fingerprint density at radius 1 is 0.445 bits per heavy atom. The van der Waals surface area contributed by atoms with Crippen LogP contribution in [0.5, 0.6) is 0 Å². The number of sulfonamides is 1. The molecule has 6 saturated heterocycles. The Bertz CT molecular complexity index is 5370. The van der Waals surface area contributed by atoms with Gasteiger partial charge >= 0.3 is 17.9 Å². The number of carboxylic acids is 3. The molecule has 3 aromatic heterocycles. The van der Waals surface area contributed by atoms with Crippen LogP contribution in [-0.4, -0.2) is 219 Å². The number of halogens is 7. The Kier molecular flexibility index (Phi) is 27.1. The van der Waals surface area contributed by atoms with Crippen molar-refractivity contribution < 1.29 is 83.2 Å². The number of carboxylic acid groups (broad SMARTS) is 3. The first kappa shape index (κ1) is 85.5. The van der Waals surface area contributed by atoms with Crippen LogP contribution in [0.15, 0.2) is 150 Å². The van der Waals surface area contributed by atoms with Gasteiger partial charge in [-0.3, -0.25) is 48.2 Å². The molecule has 6 aliphatic heterocycles. The minimum absolute atomic E-state index is 0.00916. The van der Waals surface area contributed by atoms with Crippen molar-refractivity contribution in [3.63, 3.8) is 0 Å². The zero-order valence-corrected chi connectivity index (χ0v) is 66.2. The Hall–Kier alpha value is -11.4. The molecule has 6 aromatic carbocycles. The summed E-state index contributed by atoms with van der Waals surface area (Å²) in [6.45, 7) is 6.53. The van der Waals surface area contributed by atoms with E-state index in [2.05, 4.69) is 82.2 Å². The van der Waals surface area contributed by atoms with Gasteiger partial charge < -0.3 is 56.4 Å². The van der Waals surface area contributed by atoms with Gasteiger partial charge in [-0.15, -0.1) is 0 Å². The fourth-order valence-corrected chi connectivity index (χ4v) is 18.7. The van der Waals surface area contributed by atoms with Crippen molar-refractivity contribution in [3.8, 4) is 0 Å². The summed E-state index contributed by atoms with van der Waals surface area (Å²) in [5.41, 5.74) is 19.1. The Balaban J connectivity index is 0.000000155. The third-order valence-electron chi connectivity index (χ3n) is 24.2. The molecule has 33 heteroatoms. The van der Waals surface area contributed by atoms with E-state index in [1.165, 1.54) is 52.3 Å². The highest BCUT2D eigenvalue weighted by molar-refractivity contribution is 7.92. The van der Waals surface area contributed by atoms with Crippen LogP contribution < -0.4 is 16.2 Å². The Morgan fingerprint density at radius 3 is 1.21 bits per heavy atom. The number of hydrogen-bond acceptors (Lipinski definition) is 11. The number of nitrogens with two attached hydrogens (primary N) is 2. The number of piperidine rings is 6. The summed E-state index contributed by atoms with van der Waals surface area (Å²) >= 11 is 0. The maximum Gasteiger partial charge on any atom is 0.321 e. The van der Waals surface area contributed by atoms with E-state index < -0.39 is 104 Å². The number of carbonyl (C=O) groups is 6. The number of guanidine groups is 2. The molecule has 0 radical (unpaired) electrons. The van der Waals surface area contributed by atoms with Gasteiger partial charge in [0.25, 0.3) is 11.8 Å². The number of aliphatic carboxylic acids is 3. The van der Waals surface area contributed by atoms with Crippen LogP contribution in [0.1, 0.15) is 138 Å². The summed E-state index contributed by atoms with van der Waals surface area (Å²) in [6.07, 6.45) is 18.0. The minimum atomic E-state index is -3.41. The molecule has 0 bridgehead atoms. The second-order valence-corrected chi connectivity index (χ2v) is 33.2. The van der Waals surface area contributed by atoms with Gasteiger partial charge in [-0.2, -0.15) is 9.98 Å². The normalized spacial score (nSPS) is 18.8. The molecule has 3 atom stereocenters. The minimum Gasteiger partial charge on any atom is -0.480 e. The van der Waals surface area contributed by atoms with Crippen LogP contribution in [0.4, 0.5) is 36.4 Å². The molecule has 9 heterocycles. The van der Waals surface area contributed by atoms with Gasteiger partial charge in [0.15, 0.2) is 46.8 Å². The van der Waals surface area contributed by atoms with E-state index in [9.17, 15) is 83.2 Å². The lowest BCUT2D eigenvalue weighted by atomic mass is 9.84. The molecule has 0 saturated carbocycles. The molecule has 25 nitrogen and oxygen atoms in total. The van der Waals surface area contributed by atoms with E-state index in [1.807, 2.05) is 41.4 Å². The maximum atomic E-state index is 13.5. The monoisotopic (exact) mass is 1660 g/mol. The molecule has 3 amide bonds. The summed E-state index contributed by atoms with van der Waals surface area (Å²) in [7, 11) is -3.41. The van der Waals surface area contributed by atoms with Crippen molar-refractivity contribution in [3.05, 3.63) is 214 Å². The summed E-state index contributed by atoms with van der Waals surface area (Å²) in [5.74, 6) is -13.2. The number of para-hydroxylation sites is 2. The van der Waals surface area contributed by atoms with Crippen molar-refractivity contribution >= 4 is 102 Å². The molecule has 6 fully saturated rings. The number of aromatic nitrogens is 3. The number of likely N-dealkylation sites (tertiary alicyclic amines) is 6. The molecular formula is C86H95F7N14O11S. The predicted octanol–water partition coefficient (Wildman–Crippen LogP) is 12.4. The number of hydrogen-bond donors (Lipinski definition) is 9. The van der Waals surface area contributed by atoms with Crippen LogP contribution >= 0.6 is 0 Å². The highest BCUT2D eigenvalue weighted by Gasteiger charge is 2.42. The average Bonchev–Trinajstić information content (AvgIpc) is 1.71. The molecule has 11 N–H and O–H groups in total. The number of aliphatic imine (C=N–C) groups is 2. The van der Waals surface area contributed by atoms with Crippen molar-refractivity contribution in [2.45, 2.75) is 113 Å². The number of anilines is 1. The number of benzene rings is 6. The molecule has 9 aromatic rings. The second kappa shape index (κ2) is 37.7. The van der Waals surface area contributed by atoms with Crippen molar-refractivity contribution in [2.24, 2.45) is 39.2 Å². The molecule has 630 valence electrons. The van der Waals surface area contributed by atoms with Gasteiger partial charge in [0.05, 0.1) is 6.26 Å². The molecule has 0 spiro atoms. The van der Waals surface area contributed by atoms with Gasteiger partial charge in [0.2, 0.25) is 15.9 Å². The van der Waals surface area contributed by atoms with Crippen molar-refractivity contribution in [1.29, 1.82) is 0 Å². The van der Waals surface area contributed by atoms with Gasteiger partial charge in [0.1, 0.15) is 23.9 Å². The zero-order chi connectivity index (χ0) is 84.5. The molecule has 6 aliphatic rings. The molecular weight excluding hydrogens is 1570 g/mol. The average molecular weight is 1670 g/mol. The zero-order valence-electron chi connectivity index (χ0n) is 65.4. The van der Waals surface area contributed by atoms with Gasteiger partial charge in [0, 0.05) is 113 Å². The summed E-state index contributed by atoms with van der Waals surface area (Å²) < 4.78 is 120. The highest BCUT2D eigenvalue weighted by atomic mass is 32.2. The molecule has 3 unspecified atom stereocenters. The number of fused-ring (bicyclic) bond motifs is 3. The number of nitrogens with zero attached hydrogens (tertiary/aromatic N) is 8. The number of H-pyrrole nitrogens is 3. The van der Waals surface area contributed by atoms with E-state index in [0.29, 0.717) is 134 Å². The molecule has 15 rings (SSSR count). The van der Waals surface area contributed by atoms with E-state index >= 15 is 0 Å². The lowest BCUT2D eigenvalue weighted by Gasteiger charge is -2.42. The summed E-state index contributed by atoms with van der Waals surface area (Å²) in [6, 6.07) is 28.1. The number of carbonyl (C=O) groups excluding carboxylic acids is 3. The largest absolute Gasteiger partial charge is 0.480 e. The number of aromatic amines is 3. The maximum absolute atomic E-state index is 13.5. The predicted molar refractivity (Wildman–Crippen MR) is 436 cm³/mol. The number of amides is 3. The number of rotatable bonds is 18. The summed E-state index contributed by atoms with van der Waals surface area (Å²) in [4.78, 5) is 103. The van der Waals surface area contributed by atoms with Crippen LogP contribution in [0.25, 0.3) is 38.8 Å². The lowest BCUT2D eigenvalue weighted by Crippen LogP contribution is -2.53. The Labute approximate surface area is 682 Å². The third-order valence-corrected chi connectivity index (χ3v) is 24.8. The molecule has 119 heavy (non-hydrogen) atoms. The summed E-state index contributed by atoms with van der Waals surface area (Å²) in [5, 5.41) is 33.8. The van der Waals surface area contributed by atoms with Gasteiger partial charge in [-0.05, 0) is 253 Å². The van der Waals surface area contributed by atoms with Gasteiger partial charge in [-0.25, -0.2) is 39.2 Å². The number of nitrogens with one attached hydrogen (secondary N) is 4. The van der Waals surface area contributed by atoms with Crippen LogP contribution in [0.3, 0.4) is 0 Å². The van der Waals surface area contributed by atoms with Crippen LogP contribution in [-0.2, 0) is 29.2 Å². The second-order valence-electron chi connectivity index (χ2n) is 31.5. The van der Waals surface area contributed by atoms with Gasteiger partial charge in [-0.1, -0.05) is 42.5 Å². The first-order chi connectivity index (χ1) is 57.0. The van der Waals surface area contributed by atoms with Crippen LogP contribution in [0, 0.1) is 58.5 Å². The van der Waals surface area contributed by atoms with E-state index in [-0.39, 0.29) is 52.6 Å². The fourth-order valence-electron chi connectivity index (χ4n) is 18.1. The Morgan fingerprint density at radius 2 is 0.815 bits per heavy atom. The first-order valence-electron chi connectivity index (χ1n) is 39.9. The first-order valence-corrected chi connectivity index (χ1v) is 41.8. The SMILES string of the molecule is CS(=O)(=O)Nc1ccc2[nH]cc(C3CCN(C(C(=O)O)C4CCN(C(=O)/C=C/c5cc(F)c(F)c(F)c5)CC4)CC3)c2c1.NC(=NC(=O)c1cc(F)c(F)c(F)c1)N1CCC(C(C(=O)O)N2CCC(c3c[nH]c4ccccc34)CC2)CC1.NC(=NC(=O)c1cccc(F)c1)N1CCC(C(C(=O)O)N2CCC(c3c[nH]c4ccccc34)CC2)CC1. The topological polar surface area (TPSA) is 353 Å². The standard InChI is InChI=1S/C30H33F3N4O5S.C28H30F3N5O3.C28H32FN5O3/c1-43(41,42)35-21-3-4-26-22(16-21)23(17-34-26)19-6-12-37(13-7-19)29(30(39)40)20-8-10-36(11-9-20)27(38)5-2-18-14-24(31)28(33)25(32)15-18;29-21-13-18(14-22(30)24(21)31)26(37)34-28(32)36-11-7-17(8-12-36)25(27(38)39)35-9-5-16(6-10-35)20-15-33-23-4-2-1-3-19(20)23;29-21-5-3-4-20(16-21)26(35)32-28(30)34-14-10-19(11-15-34)25(27(36)37)33-12-8-18(9-13-33)23-17-31-24-7-2-1-6-22(23)24/h2-5,14-17,19-20,29,34-35H,6-13H2,1H3,(H,39,40);1-4,13-17,25,33H,5-12H2,(H,38,39)(H2,32,34,37);1-7,16-19,25,31H,8-15H2,(H,36,37)(H2,30,32,35)/b5-2+;;. The van der Waals surface area contributed by atoms with Crippen molar-refractivity contribution in [2.75, 3.05) is 89.5 Å². The lowest BCUT2D eigenvalue weighted by molar-refractivity contribution is -0.148.